The van der Waals surface area contributed by atoms with Gasteiger partial charge in [0, 0.05) is 49.4 Å². The highest BCUT2D eigenvalue weighted by atomic mass is 16.6. The molecule has 12 heteroatoms. The van der Waals surface area contributed by atoms with Crippen LogP contribution in [0.5, 0.6) is 0 Å². The molecule has 2 aliphatic heterocycles. The number of piperazine rings is 1. The van der Waals surface area contributed by atoms with E-state index >= 15 is 0 Å². The molecule has 39 heavy (non-hydrogen) atoms. The van der Waals surface area contributed by atoms with Crippen LogP contribution in [0.2, 0.25) is 0 Å². The van der Waals surface area contributed by atoms with E-state index in [1.165, 1.54) is 0 Å². The minimum absolute atomic E-state index is 0.0518. The summed E-state index contributed by atoms with van der Waals surface area (Å²) >= 11 is 0. The molecule has 0 aromatic carbocycles. The van der Waals surface area contributed by atoms with Crippen LogP contribution in [-0.2, 0) is 10.2 Å². The molecular formula is C27H32N10O2. The van der Waals surface area contributed by atoms with Gasteiger partial charge in [0.2, 0.25) is 0 Å². The van der Waals surface area contributed by atoms with Crippen LogP contribution >= 0.6 is 0 Å². The molecule has 1 saturated carbocycles. The van der Waals surface area contributed by atoms with Crippen LogP contribution in [0.3, 0.4) is 0 Å². The zero-order valence-corrected chi connectivity index (χ0v) is 22.7. The first-order chi connectivity index (χ1) is 18.7. The second-order valence-corrected chi connectivity index (χ2v) is 11.7. The number of anilines is 3. The molecule has 3 aromatic rings. The highest BCUT2D eigenvalue weighted by Crippen LogP contribution is 2.59. The van der Waals surface area contributed by atoms with Crippen molar-refractivity contribution in [3.63, 3.8) is 0 Å². The van der Waals surface area contributed by atoms with Crippen molar-refractivity contribution in [1.29, 1.82) is 5.26 Å². The first kappa shape index (κ1) is 25.0. The van der Waals surface area contributed by atoms with Crippen LogP contribution in [0.4, 0.5) is 22.2 Å². The fourth-order valence-electron chi connectivity index (χ4n) is 6.06. The number of nitriles is 1. The average molecular weight is 529 g/mol. The molecule has 3 aromatic heterocycles. The van der Waals surface area contributed by atoms with E-state index in [0.717, 1.165) is 30.0 Å². The highest BCUT2D eigenvalue weighted by Gasteiger charge is 2.56. The lowest BCUT2D eigenvalue weighted by Gasteiger charge is -2.46. The first-order valence-electron chi connectivity index (χ1n) is 13.3. The summed E-state index contributed by atoms with van der Waals surface area (Å²) in [5, 5.41) is 18.2. The Balaban J connectivity index is 1.33. The Morgan fingerprint density at radius 2 is 1.85 bits per heavy atom. The van der Waals surface area contributed by atoms with E-state index in [2.05, 4.69) is 31.1 Å². The van der Waals surface area contributed by atoms with Crippen molar-refractivity contribution in [1.82, 2.24) is 34.8 Å². The summed E-state index contributed by atoms with van der Waals surface area (Å²) in [6.45, 7) is 10.2. The zero-order chi connectivity index (χ0) is 27.4. The van der Waals surface area contributed by atoms with E-state index < -0.39 is 5.60 Å². The van der Waals surface area contributed by atoms with Gasteiger partial charge in [0.05, 0.1) is 30.1 Å². The number of pyridine rings is 1. The van der Waals surface area contributed by atoms with Crippen molar-refractivity contribution in [2.75, 3.05) is 36.0 Å². The van der Waals surface area contributed by atoms with Gasteiger partial charge in [0.25, 0.3) is 0 Å². The number of ether oxygens (including phenoxy) is 1. The number of nitrogens with zero attached hydrogens (tertiary/aromatic N) is 10. The summed E-state index contributed by atoms with van der Waals surface area (Å²) in [5.41, 5.74) is 0.893. The summed E-state index contributed by atoms with van der Waals surface area (Å²) in [7, 11) is 0. The molecule has 5 heterocycles. The van der Waals surface area contributed by atoms with Gasteiger partial charge in [-0.05, 0) is 52.7 Å². The first-order valence-corrected chi connectivity index (χ1v) is 13.3. The second kappa shape index (κ2) is 9.18. The molecule has 1 amide bonds. The van der Waals surface area contributed by atoms with Crippen molar-refractivity contribution >= 4 is 23.5 Å². The summed E-state index contributed by atoms with van der Waals surface area (Å²) in [5.74, 6) is 2.40. The standard InChI is InChI=1S/C27H32N10O2/c1-18-15-34(9-10-35(18)25(38)39-26(2,3)4)23-22-24(31-17-30-23)36(21-11-19(14-28)5-6-29-21)16-27(22)12-20(13-27)37-32-7-8-33-37/h5-8,11,17-18,20H,9-10,12-13,15-16H2,1-4H3. The van der Waals surface area contributed by atoms with E-state index in [4.69, 9.17) is 14.7 Å². The van der Waals surface area contributed by atoms with Gasteiger partial charge >= 0.3 is 6.09 Å². The normalized spacial score (nSPS) is 24.3. The summed E-state index contributed by atoms with van der Waals surface area (Å²) < 4.78 is 5.64. The quantitative estimate of drug-likeness (QED) is 0.500. The molecule has 6 rings (SSSR count). The number of fused-ring (bicyclic) bond motifs is 2. The average Bonchev–Trinajstić information content (AvgIpc) is 3.53. The van der Waals surface area contributed by atoms with Crippen molar-refractivity contribution in [2.24, 2.45) is 0 Å². The van der Waals surface area contributed by atoms with Crippen molar-refractivity contribution in [3.8, 4) is 6.07 Å². The Labute approximate surface area is 227 Å². The Morgan fingerprint density at radius 1 is 1.10 bits per heavy atom. The second-order valence-electron chi connectivity index (χ2n) is 11.7. The third-order valence-electron chi connectivity index (χ3n) is 7.78. The van der Waals surface area contributed by atoms with Crippen LogP contribution in [0.15, 0.2) is 37.1 Å². The van der Waals surface area contributed by atoms with Gasteiger partial charge in [-0.2, -0.15) is 20.3 Å². The topological polar surface area (TPSA) is 129 Å². The largest absolute Gasteiger partial charge is 0.444 e. The van der Waals surface area contributed by atoms with Gasteiger partial charge in [-0.1, -0.05) is 0 Å². The summed E-state index contributed by atoms with van der Waals surface area (Å²) in [6.07, 6.45) is 8.07. The number of carbonyl (C=O) groups excluding carboxylic acids is 1. The molecule has 0 radical (unpaired) electrons. The monoisotopic (exact) mass is 528 g/mol. The molecule has 2 fully saturated rings. The summed E-state index contributed by atoms with van der Waals surface area (Å²) in [6, 6.07) is 5.85. The van der Waals surface area contributed by atoms with Gasteiger partial charge in [0.1, 0.15) is 29.4 Å². The zero-order valence-electron chi connectivity index (χ0n) is 22.7. The van der Waals surface area contributed by atoms with Gasteiger partial charge in [-0.15, -0.1) is 0 Å². The number of hydrogen-bond acceptors (Lipinski definition) is 10. The van der Waals surface area contributed by atoms with Crippen LogP contribution in [0, 0.1) is 11.3 Å². The van der Waals surface area contributed by atoms with E-state index in [-0.39, 0.29) is 23.6 Å². The number of carbonyl (C=O) groups is 1. The highest BCUT2D eigenvalue weighted by molar-refractivity contribution is 5.75. The van der Waals surface area contributed by atoms with Crippen molar-refractivity contribution < 1.29 is 9.53 Å². The van der Waals surface area contributed by atoms with Crippen LogP contribution < -0.4 is 9.80 Å². The Morgan fingerprint density at radius 3 is 2.54 bits per heavy atom. The molecule has 1 aliphatic carbocycles. The van der Waals surface area contributed by atoms with E-state index in [1.807, 2.05) is 27.7 Å². The van der Waals surface area contributed by atoms with E-state index in [0.29, 0.717) is 37.6 Å². The third kappa shape index (κ3) is 4.41. The Kier molecular flexibility index (Phi) is 5.89. The van der Waals surface area contributed by atoms with E-state index in [1.54, 1.807) is 46.7 Å². The fraction of sp³-hybridized carbons (Fsp3) is 0.519. The number of aromatic nitrogens is 6. The third-order valence-corrected chi connectivity index (χ3v) is 7.78. The summed E-state index contributed by atoms with van der Waals surface area (Å²) in [4.78, 5) is 34.9. The van der Waals surface area contributed by atoms with Crippen LogP contribution in [0.25, 0.3) is 0 Å². The Hall–Kier alpha value is -4.27. The number of hydrogen-bond donors (Lipinski definition) is 0. The fourth-order valence-corrected chi connectivity index (χ4v) is 6.06. The molecule has 1 saturated heterocycles. The maximum atomic E-state index is 12.8. The van der Waals surface area contributed by atoms with Gasteiger partial charge < -0.3 is 19.4 Å². The predicted octanol–water partition coefficient (Wildman–Crippen LogP) is 3.20. The van der Waals surface area contributed by atoms with Crippen molar-refractivity contribution in [3.05, 3.63) is 48.2 Å². The number of amides is 1. The maximum absolute atomic E-state index is 12.8. The van der Waals surface area contributed by atoms with Gasteiger partial charge in [0.15, 0.2) is 0 Å². The SMILES string of the molecule is CC1CN(c2ncnc3c2C2(CC(n4nccn4)C2)CN3c2cc(C#N)ccn2)CCN1C(=O)OC(C)(C)C. The molecule has 202 valence electrons. The molecule has 0 bridgehead atoms. The molecule has 3 aliphatic rings. The lowest BCUT2D eigenvalue weighted by molar-refractivity contribution is 0.0158. The lowest BCUT2D eigenvalue weighted by Crippen LogP contribution is -2.56. The maximum Gasteiger partial charge on any atom is 0.410 e. The van der Waals surface area contributed by atoms with Crippen molar-refractivity contribution in [2.45, 2.75) is 63.6 Å². The predicted molar refractivity (Wildman–Crippen MR) is 143 cm³/mol. The molecule has 0 N–H and O–H groups in total. The van der Waals surface area contributed by atoms with Crippen LogP contribution in [0.1, 0.15) is 57.7 Å². The minimum atomic E-state index is -0.543. The lowest BCUT2D eigenvalue weighted by atomic mass is 9.63. The Bertz CT molecular complexity index is 1420. The van der Waals surface area contributed by atoms with Gasteiger partial charge in [-0.3, -0.25) is 0 Å². The molecule has 1 unspecified atom stereocenters. The molecule has 1 atom stereocenters. The smallest absolute Gasteiger partial charge is 0.410 e. The molecular weight excluding hydrogens is 496 g/mol. The minimum Gasteiger partial charge on any atom is -0.444 e. The van der Waals surface area contributed by atoms with Gasteiger partial charge in [-0.25, -0.2) is 19.7 Å². The van der Waals surface area contributed by atoms with Crippen LogP contribution in [-0.4, -0.2) is 78.8 Å². The molecule has 1 spiro atoms. The number of rotatable bonds is 3. The van der Waals surface area contributed by atoms with E-state index in [9.17, 15) is 10.1 Å². The molecule has 12 nitrogen and oxygen atoms in total.